The van der Waals surface area contributed by atoms with E-state index in [0.717, 1.165) is 30.4 Å². The molecule has 0 radical (unpaired) electrons. The Morgan fingerprint density at radius 2 is 2.00 bits per heavy atom. The summed E-state index contributed by atoms with van der Waals surface area (Å²) in [6.07, 6.45) is 4.97. The summed E-state index contributed by atoms with van der Waals surface area (Å²) in [7, 11) is 0. The summed E-state index contributed by atoms with van der Waals surface area (Å²) in [5, 5.41) is 9.62. The van der Waals surface area contributed by atoms with Crippen LogP contribution in [-0.2, 0) is 19.1 Å². The maximum absolute atomic E-state index is 11.8. The van der Waals surface area contributed by atoms with Crippen molar-refractivity contribution in [2.45, 2.75) is 6.92 Å². The third-order valence-electron chi connectivity index (χ3n) is 3.04. The predicted molar refractivity (Wildman–Crippen MR) is 83.0 cm³/mol. The van der Waals surface area contributed by atoms with E-state index in [2.05, 4.69) is 16.9 Å². The fourth-order valence-electron chi connectivity index (χ4n) is 1.75. The first-order valence-corrected chi connectivity index (χ1v) is 7.08. The minimum atomic E-state index is -1.19. The summed E-state index contributed by atoms with van der Waals surface area (Å²) in [6.45, 7) is 8.15. The summed E-state index contributed by atoms with van der Waals surface area (Å²) >= 11 is 0. The van der Waals surface area contributed by atoms with Gasteiger partial charge in [0.25, 0.3) is 11.8 Å². The third kappa shape index (κ3) is 6.90. The first kappa shape index (κ1) is 18.6. The van der Waals surface area contributed by atoms with Crippen LogP contribution in [0.5, 0.6) is 0 Å². The van der Waals surface area contributed by atoms with Crippen molar-refractivity contribution < 1.29 is 24.2 Å². The number of nitrogens with one attached hydrogen (secondary N) is 1. The van der Waals surface area contributed by atoms with Gasteiger partial charge >= 0.3 is 5.97 Å². The number of hydrazine groups is 1. The minimum absolute atomic E-state index is 0.0993. The Morgan fingerprint density at radius 1 is 1.35 bits per heavy atom. The van der Waals surface area contributed by atoms with Crippen molar-refractivity contribution in [3.05, 3.63) is 36.6 Å². The number of ether oxygens (including phenoxy) is 1. The number of hydrogen-bond acceptors (Lipinski definition) is 5. The second kappa shape index (κ2) is 9.54. The highest BCUT2D eigenvalue weighted by molar-refractivity contribution is 5.94. The lowest BCUT2D eigenvalue weighted by Crippen LogP contribution is -2.41. The van der Waals surface area contributed by atoms with Crippen LogP contribution in [0.25, 0.3) is 0 Å². The van der Waals surface area contributed by atoms with E-state index in [1.165, 1.54) is 13.0 Å². The second-order valence-corrected chi connectivity index (χ2v) is 4.82. The molecule has 1 aliphatic heterocycles. The van der Waals surface area contributed by atoms with Crippen LogP contribution in [0.1, 0.15) is 6.92 Å². The van der Waals surface area contributed by atoms with Gasteiger partial charge in [-0.2, -0.15) is 0 Å². The Kier molecular flexibility index (Phi) is 7.72. The molecule has 0 unspecified atom stereocenters. The molecule has 1 aliphatic rings. The van der Waals surface area contributed by atoms with E-state index < -0.39 is 17.8 Å². The number of nitrogens with zero attached hydrogens (tertiary/aromatic N) is 2. The average molecular weight is 323 g/mol. The molecular weight excluding hydrogens is 302 g/mol. The SMILES string of the molecule is C=CC(=O)N(C=C(C)C(=O)O)NC(=O)C=CCN1CCOCC1. The van der Waals surface area contributed by atoms with Crippen LogP contribution < -0.4 is 5.43 Å². The zero-order valence-corrected chi connectivity index (χ0v) is 13.0. The number of carboxylic acids is 1. The van der Waals surface area contributed by atoms with E-state index in [0.29, 0.717) is 19.8 Å². The van der Waals surface area contributed by atoms with Crippen LogP contribution >= 0.6 is 0 Å². The quantitative estimate of drug-likeness (QED) is 0.523. The molecular formula is C15H21N3O5. The molecule has 1 heterocycles. The van der Waals surface area contributed by atoms with Crippen molar-refractivity contribution in [3.63, 3.8) is 0 Å². The fourth-order valence-corrected chi connectivity index (χ4v) is 1.75. The molecule has 0 bridgehead atoms. The molecule has 2 N–H and O–H groups in total. The van der Waals surface area contributed by atoms with Gasteiger partial charge in [-0.1, -0.05) is 12.7 Å². The highest BCUT2D eigenvalue weighted by atomic mass is 16.5. The second-order valence-electron chi connectivity index (χ2n) is 4.82. The first-order chi connectivity index (χ1) is 10.9. The van der Waals surface area contributed by atoms with E-state index in [-0.39, 0.29) is 5.57 Å². The zero-order valence-electron chi connectivity index (χ0n) is 13.0. The van der Waals surface area contributed by atoms with Crippen LogP contribution in [0, 0.1) is 0 Å². The van der Waals surface area contributed by atoms with Crippen molar-refractivity contribution >= 4 is 17.8 Å². The van der Waals surface area contributed by atoms with Crippen LogP contribution in [0.3, 0.4) is 0 Å². The lowest BCUT2D eigenvalue weighted by Gasteiger charge is -2.25. The van der Waals surface area contributed by atoms with Crippen LogP contribution in [0.4, 0.5) is 0 Å². The molecule has 0 saturated carbocycles. The number of hydrogen-bond donors (Lipinski definition) is 2. The fraction of sp³-hybridized carbons (Fsp3) is 0.400. The molecule has 0 aromatic rings. The maximum Gasteiger partial charge on any atom is 0.332 e. The van der Waals surface area contributed by atoms with Crippen LogP contribution in [0.2, 0.25) is 0 Å². The summed E-state index contributed by atoms with van der Waals surface area (Å²) in [6, 6.07) is 0. The Labute approximate surface area is 134 Å². The molecule has 1 fully saturated rings. The average Bonchev–Trinajstić information content (AvgIpc) is 2.54. The molecule has 0 aromatic heterocycles. The molecule has 8 nitrogen and oxygen atoms in total. The molecule has 1 saturated heterocycles. The normalized spacial score (nSPS) is 16.1. The minimum Gasteiger partial charge on any atom is -0.478 e. The lowest BCUT2D eigenvalue weighted by atomic mass is 10.3. The predicted octanol–water partition coefficient (Wildman–Crippen LogP) is -0.0910. The van der Waals surface area contributed by atoms with Crippen molar-refractivity contribution in [1.29, 1.82) is 0 Å². The van der Waals surface area contributed by atoms with Crippen LogP contribution in [0.15, 0.2) is 36.6 Å². The number of carbonyl (C=O) groups excluding carboxylic acids is 2. The van der Waals surface area contributed by atoms with Gasteiger partial charge in [-0.3, -0.25) is 19.9 Å². The maximum atomic E-state index is 11.8. The summed E-state index contributed by atoms with van der Waals surface area (Å²) in [5.41, 5.74) is 2.20. The van der Waals surface area contributed by atoms with Crippen molar-refractivity contribution in [2.75, 3.05) is 32.8 Å². The monoisotopic (exact) mass is 323 g/mol. The van der Waals surface area contributed by atoms with Gasteiger partial charge < -0.3 is 9.84 Å². The van der Waals surface area contributed by atoms with E-state index in [1.54, 1.807) is 6.08 Å². The highest BCUT2D eigenvalue weighted by Gasteiger charge is 2.13. The number of rotatable bonds is 6. The van der Waals surface area contributed by atoms with Crippen LogP contribution in [-0.4, -0.2) is 65.6 Å². The van der Waals surface area contributed by atoms with Gasteiger partial charge in [0.1, 0.15) is 0 Å². The molecule has 0 atom stereocenters. The van der Waals surface area contributed by atoms with Gasteiger partial charge in [0.2, 0.25) is 0 Å². The highest BCUT2D eigenvalue weighted by Crippen LogP contribution is 1.98. The number of aliphatic carboxylic acids is 1. The molecule has 0 spiro atoms. The molecule has 126 valence electrons. The molecule has 0 aromatic carbocycles. The van der Waals surface area contributed by atoms with E-state index in [1.807, 2.05) is 0 Å². The molecule has 8 heteroatoms. The van der Waals surface area contributed by atoms with Crippen molar-refractivity contribution in [3.8, 4) is 0 Å². The van der Waals surface area contributed by atoms with E-state index >= 15 is 0 Å². The van der Waals surface area contributed by atoms with Gasteiger partial charge in [-0.25, -0.2) is 9.80 Å². The lowest BCUT2D eigenvalue weighted by molar-refractivity contribution is -0.134. The van der Waals surface area contributed by atoms with Crippen molar-refractivity contribution in [2.24, 2.45) is 0 Å². The summed E-state index contributed by atoms with van der Waals surface area (Å²) in [4.78, 5) is 36.4. The Hall–Kier alpha value is -2.45. The largest absolute Gasteiger partial charge is 0.478 e. The van der Waals surface area contributed by atoms with Gasteiger partial charge in [-0.05, 0) is 13.0 Å². The Morgan fingerprint density at radius 3 is 2.57 bits per heavy atom. The first-order valence-electron chi connectivity index (χ1n) is 7.08. The number of carbonyl (C=O) groups is 3. The summed E-state index contributed by atoms with van der Waals surface area (Å²) in [5.74, 6) is -2.37. The Bertz CT molecular complexity index is 521. The molecule has 0 aliphatic carbocycles. The van der Waals surface area contributed by atoms with Gasteiger partial charge in [0.05, 0.1) is 18.8 Å². The van der Waals surface area contributed by atoms with E-state index in [9.17, 15) is 14.4 Å². The summed E-state index contributed by atoms with van der Waals surface area (Å²) < 4.78 is 5.22. The van der Waals surface area contributed by atoms with Crippen molar-refractivity contribution in [1.82, 2.24) is 15.3 Å². The molecule has 23 heavy (non-hydrogen) atoms. The van der Waals surface area contributed by atoms with Gasteiger partial charge in [0.15, 0.2) is 0 Å². The Balaban J connectivity index is 2.58. The van der Waals surface area contributed by atoms with E-state index in [4.69, 9.17) is 9.84 Å². The smallest absolute Gasteiger partial charge is 0.332 e. The molecule has 1 rings (SSSR count). The number of morpholine rings is 1. The number of amides is 2. The topological polar surface area (TPSA) is 99.2 Å². The standard InChI is InChI=1S/C15H21N3O5/c1-3-14(20)18(11-12(2)15(21)22)16-13(19)5-4-6-17-7-9-23-10-8-17/h3-5,11H,1,6-10H2,2H3,(H,16,19)(H,21,22). The number of carboxylic acid groups (broad SMARTS) is 1. The third-order valence-corrected chi connectivity index (χ3v) is 3.04. The zero-order chi connectivity index (χ0) is 17.2. The molecule has 2 amide bonds. The van der Waals surface area contributed by atoms with Gasteiger partial charge in [-0.15, -0.1) is 0 Å². The van der Waals surface area contributed by atoms with Gasteiger partial charge in [0, 0.05) is 31.9 Å².